The summed E-state index contributed by atoms with van der Waals surface area (Å²) in [5.74, 6) is 0.360. The predicted molar refractivity (Wildman–Crippen MR) is 223 cm³/mol. The lowest BCUT2D eigenvalue weighted by atomic mass is 9.82. The molecule has 2 heteroatoms. The lowest BCUT2D eigenvalue weighted by molar-refractivity contribution is 0.660. The van der Waals surface area contributed by atoms with Crippen molar-refractivity contribution in [3.8, 4) is 33.4 Å². The number of anilines is 5. The standard InChI is InChI=1S/C51H40N2/c1-51(2)47-19-11-9-17-43(47)44-31-30-42(34-48(44)51)52(40-26-21-36(22-27-40)35-13-5-3-6-14-35)41-28-23-37(24-29-41)38-25-32-50-46(33-38)45-18-10-12-20-49(45)53(50)39-15-7-4-8-16-39/h3-17,19-34,45H,18H2,1-2H3. The fraction of sp³-hybridized carbons (Fsp3) is 0.0980. The zero-order valence-electron chi connectivity index (χ0n) is 30.1. The van der Waals surface area contributed by atoms with E-state index in [1.807, 2.05) is 0 Å². The fourth-order valence-corrected chi connectivity index (χ4v) is 8.87. The van der Waals surface area contributed by atoms with Crippen LogP contribution in [0.15, 0.2) is 194 Å². The zero-order valence-corrected chi connectivity index (χ0v) is 30.1. The Morgan fingerprint density at radius 2 is 1.11 bits per heavy atom. The smallest absolute Gasteiger partial charge is 0.0497 e. The van der Waals surface area contributed by atoms with Crippen LogP contribution in [0.1, 0.15) is 42.9 Å². The predicted octanol–water partition coefficient (Wildman–Crippen LogP) is 13.9. The molecule has 0 amide bonds. The van der Waals surface area contributed by atoms with Gasteiger partial charge in [-0.2, -0.15) is 0 Å². The van der Waals surface area contributed by atoms with Crippen molar-refractivity contribution >= 4 is 28.4 Å². The summed E-state index contributed by atoms with van der Waals surface area (Å²) in [6.07, 6.45) is 7.81. The van der Waals surface area contributed by atoms with Gasteiger partial charge in [0.2, 0.25) is 0 Å². The molecule has 0 saturated heterocycles. The Kier molecular flexibility index (Phi) is 7.33. The van der Waals surface area contributed by atoms with Crippen molar-refractivity contribution < 1.29 is 0 Å². The van der Waals surface area contributed by atoms with Gasteiger partial charge in [0.05, 0.1) is 0 Å². The number of allylic oxidation sites excluding steroid dienone is 4. The second-order valence-corrected chi connectivity index (χ2v) is 14.9. The van der Waals surface area contributed by atoms with Crippen LogP contribution in [0.25, 0.3) is 33.4 Å². The zero-order chi connectivity index (χ0) is 35.5. The Bertz CT molecular complexity index is 2540. The van der Waals surface area contributed by atoms with Gasteiger partial charge in [-0.1, -0.05) is 135 Å². The number of hydrogen-bond donors (Lipinski definition) is 0. The van der Waals surface area contributed by atoms with E-state index in [4.69, 9.17) is 0 Å². The van der Waals surface area contributed by atoms with Crippen molar-refractivity contribution in [3.05, 3.63) is 210 Å². The van der Waals surface area contributed by atoms with Crippen molar-refractivity contribution in [1.82, 2.24) is 0 Å². The Hall–Kier alpha value is -6.38. The molecule has 1 aliphatic heterocycles. The van der Waals surface area contributed by atoms with Gasteiger partial charge in [-0.15, -0.1) is 0 Å². The van der Waals surface area contributed by atoms with Gasteiger partial charge in [-0.3, -0.25) is 0 Å². The van der Waals surface area contributed by atoms with Crippen LogP contribution in [0.2, 0.25) is 0 Å². The molecule has 1 unspecified atom stereocenters. The van der Waals surface area contributed by atoms with Crippen molar-refractivity contribution in [2.75, 3.05) is 9.80 Å². The topological polar surface area (TPSA) is 6.48 Å². The third-order valence-electron chi connectivity index (χ3n) is 11.6. The first-order valence-electron chi connectivity index (χ1n) is 18.7. The lowest BCUT2D eigenvalue weighted by Crippen LogP contribution is -2.16. The molecular formula is C51H40N2. The van der Waals surface area contributed by atoms with E-state index in [2.05, 4.69) is 212 Å². The molecule has 0 saturated carbocycles. The number of fused-ring (bicyclic) bond motifs is 6. The monoisotopic (exact) mass is 680 g/mol. The molecule has 53 heavy (non-hydrogen) atoms. The molecule has 0 bridgehead atoms. The van der Waals surface area contributed by atoms with Gasteiger partial charge < -0.3 is 9.80 Å². The summed E-state index contributed by atoms with van der Waals surface area (Å²) in [4.78, 5) is 4.84. The van der Waals surface area contributed by atoms with Crippen molar-refractivity contribution in [2.45, 2.75) is 31.6 Å². The highest BCUT2D eigenvalue weighted by molar-refractivity contribution is 5.87. The maximum atomic E-state index is 2.44. The van der Waals surface area contributed by atoms with Crippen molar-refractivity contribution in [1.29, 1.82) is 0 Å². The third-order valence-corrected chi connectivity index (χ3v) is 11.6. The van der Waals surface area contributed by atoms with Crippen LogP contribution in [-0.4, -0.2) is 0 Å². The molecule has 7 aromatic rings. The first kappa shape index (κ1) is 31.4. The second kappa shape index (κ2) is 12.4. The molecule has 2 nitrogen and oxygen atoms in total. The maximum absolute atomic E-state index is 2.44. The highest BCUT2D eigenvalue weighted by Gasteiger charge is 2.36. The first-order valence-corrected chi connectivity index (χ1v) is 18.7. The number of benzene rings is 7. The summed E-state index contributed by atoms with van der Waals surface area (Å²) in [6, 6.07) is 62.4. The molecule has 0 aromatic heterocycles. The van der Waals surface area contributed by atoms with E-state index >= 15 is 0 Å². The molecule has 10 rings (SSSR count). The minimum absolute atomic E-state index is 0.0819. The van der Waals surface area contributed by atoms with E-state index in [1.54, 1.807) is 0 Å². The van der Waals surface area contributed by atoms with Gasteiger partial charge in [0.15, 0.2) is 0 Å². The quantitative estimate of drug-likeness (QED) is 0.172. The van der Waals surface area contributed by atoms with E-state index in [-0.39, 0.29) is 5.41 Å². The van der Waals surface area contributed by atoms with Crippen LogP contribution >= 0.6 is 0 Å². The van der Waals surface area contributed by atoms with Crippen LogP contribution < -0.4 is 9.80 Å². The number of nitrogens with zero attached hydrogens (tertiary/aromatic N) is 2. The Morgan fingerprint density at radius 1 is 0.528 bits per heavy atom. The van der Waals surface area contributed by atoms with Gasteiger partial charge in [-0.05, 0) is 123 Å². The average Bonchev–Trinajstić information content (AvgIpc) is 3.67. The van der Waals surface area contributed by atoms with Gasteiger partial charge >= 0.3 is 0 Å². The summed E-state index contributed by atoms with van der Waals surface area (Å²) in [6.45, 7) is 4.71. The Morgan fingerprint density at radius 3 is 1.85 bits per heavy atom. The van der Waals surface area contributed by atoms with E-state index in [0.717, 1.165) is 23.5 Å². The highest BCUT2D eigenvalue weighted by atomic mass is 15.2. The maximum Gasteiger partial charge on any atom is 0.0497 e. The second-order valence-electron chi connectivity index (χ2n) is 14.9. The molecule has 7 aromatic carbocycles. The van der Waals surface area contributed by atoms with Crippen LogP contribution in [0.4, 0.5) is 28.4 Å². The molecule has 1 heterocycles. The van der Waals surface area contributed by atoms with E-state index in [0.29, 0.717) is 5.92 Å². The minimum atomic E-state index is -0.0819. The molecule has 0 spiro atoms. The molecule has 0 N–H and O–H groups in total. The average molecular weight is 681 g/mol. The van der Waals surface area contributed by atoms with E-state index < -0.39 is 0 Å². The summed E-state index contributed by atoms with van der Waals surface area (Å²) in [5, 5.41) is 0. The van der Waals surface area contributed by atoms with Crippen LogP contribution in [0.5, 0.6) is 0 Å². The van der Waals surface area contributed by atoms with Crippen LogP contribution in [0.3, 0.4) is 0 Å². The molecule has 254 valence electrons. The van der Waals surface area contributed by atoms with Gasteiger partial charge in [0, 0.05) is 45.5 Å². The summed E-state index contributed by atoms with van der Waals surface area (Å²) in [5.41, 5.74) is 18.9. The van der Waals surface area contributed by atoms with Crippen LogP contribution in [-0.2, 0) is 5.41 Å². The molecular weight excluding hydrogens is 641 g/mol. The van der Waals surface area contributed by atoms with E-state index in [1.165, 1.54) is 67.1 Å². The van der Waals surface area contributed by atoms with Crippen molar-refractivity contribution in [2.24, 2.45) is 0 Å². The third kappa shape index (κ3) is 5.17. The normalized spacial score (nSPS) is 16.0. The Balaban J connectivity index is 1.04. The fourth-order valence-electron chi connectivity index (χ4n) is 8.87. The molecule has 0 radical (unpaired) electrons. The van der Waals surface area contributed by atoms with E-state index in [9.17, 15) is 0 Å². The van der Waals surface area contributed by atoms with Gasteiger partial charge in [0.1, 0.15) is 0 Å². The summed E-state index contributed by atoms with van der Waals surface area (Å²) in [7, 11) is 0. The van der Waals surface area contributed by atoms with Crippen LogP contribution in [0, 0.1) is 0 Å². The SMILES string of the molecule is CC1(C)c2ccccc2-c2ccc(N(c3ccc(-c4ccccc4)cc3)c3ccc(-c4ccc5c(c4)C4CC=CC=C4N5c4ccccc4)cc3)cc21. The number of rotatable bonds is 6. The number of para-hydroxylation sites is 1. The minimum Gasteiger partial charge on any atom is -0.313 e. The van der Waals surface area contributed by atoms with Gasteiger partial charge in [-0.25, -0.2) is 0 Å². The molecule has 0 fully saturated rings. The number of hydrogen-bond acceptors (Lipinski definition) is 2. The summed E-state index contributed by atoms with van der Waals surface area (Å²) >= 11 is 0. The molecule has 1 atom stereocenters. The van der Waals surface area contributed by atoms with Gasteiger partial charge in [0.25, 0.3) is 0 Å². The molecule has 2 aliphatic carbocycles. The Labute approximate surface area is 312 Å². The highest BCUT2D eigenvalue weighted by Crippen LogP contribution is 2.52. The lowest BCUT2D eigenvalue weighted by Gasteiger charge is -2.28. The van der Waals surface area contributed by atoms with Crippen molar-refractivity contribution in [3.63, 3.8) is 0 Å². The first-order chi connectivity index (χ1) is 26.0. The molecule has 3 aliphatic rings. The largest absolute Gasteiger partial charge is 0.313 e. The summed E-state index contributed by atoms with van der Waals surface area (Å²) < 4.78 is 0.